The van der Waals surface area contributed by atoms with Crippen molar-refractivity contribution in [2.24, 2.45) is 0 Å². The minimum absolute atomic E-state index is 0.198. The zero-order valence-corrected chi connectivity index (χ0v) is 16.8. The first-order chi connectivity index (χ1) is 9.64. The normalized spacial score (nSPS) is 11.7. The van der Waals surface area contributed by atoms with Gasteiger partial charge in [-0.25, -0.2) is 0 Å². The lowest BCUT2D eigenvalue weighted by Crippen LogP contribution is -2.20. The van der Waals surface area contributed by atoms with Crippen molar-refractivity contribution in [2.45, 2.75) is 33.1 Å². The van der Waals surface area contributed by atoms with Crippen molar-refractivity contribution < 1.29 is 10.2 Å². The Kier molecular flexibility index (Phi) is 4.78. The molecular weight excluding hydrogens is 490 g/mol. The third-order valence-electron chi connectivity index (χ3n) is 3.95. The molecule has 0 fully saturated rings. The van der Waals surface area contributed by atoms with E-state index in [1.807, 2.05) is 38.1 Å². The van der Waals surface area contributed by atoms with E-state index < -0.39 is 0 Å². The Hall–Kier alpha value is -0.500. The van der Waals surface area contributed by atoms with Crippen LogP contribution in [0.25, 0.3) is 0 Å². The number of aryl methyl sites for hydroxylation is 2. The summed E-state index contributed by atoms with van der Waals surface area (Å²) < 4.78 is 1.72. The van der Waals surface area contributed by atoms with Gasteiger partial charge >= 0.3 is 0 Å². The van der Waals surface area contributed by atoms with Gasteiger partial charge in [0.1, 0.15) is 11.5 Å². The Balaban J connectivity index is 2.61. The van der Waals surface area contributed by atoms with Gasteiger partial charge in [0, 0.05) is 5.41 Å². The summed E-state index contributed by atoms with van der Waals surface area (Å²) in [7, 11) is 0. The molecule has 0 unspecified atom stereocenters. The monoisotopic (exact) mass is 508 g/mol. The SMILES string of the molecule is Cc1cc(C(C)(C)c2cc(C)c(O)c(I)c2)cc(I)c1O. The van der Waals surface area contributed by atoms with Crippen LogP contribution in [0.4, 0.5) is 0 Å². The minimum atomic E-state index is -0.198. The fraction of sp³-hybridized carbons (Fsp3) is 0.294. The number of phenols is 2. The molecule has 0 aliphatic carbocycles. The summed E-state index contributed by atoms with van der Waals surface area (Å²) in [4.78, 5) is 0. The highest BCUT2D eigenvalue weighted by Crippen LogP contribution is 2.38. The molecule has 0 aromatic heterocycles. The summed E-state index contributed by atoms with van der Waals surface area (Å²) in [5.41, 5.74) is 3.88. The molecule has 0 bridgehead atoms. The molecule has 4 heteroatoms. The summed E-state index contributed by atoms with van der Waals surface area (Å²) in [6, 6.07) is 8.12. The average molecular weight is 508 g/mol. The maximum Gasteiger partial charge on any atom is 0.131 e. The molecule has 0 amide bonds. The van der Waals surface area contributed by atoms with E-state index in [1.165, 1.54) is 0 Å². The van der Waals surface area contributed by atoms with Crippen molar-refractivity contribution in [1.29, 1.82) is 0 Å². The molecule has 112 valence electrons. The molecule has 2 N–H and O–H groups in total. The van der Waals surface area contributed by atoms with Crippen LogP contribution in [0.2, 0.25) is 0 Å². The molecular formula is C17H18I2O2. The standard InChI is InChI=1S/C17H18I2O2/c1-9-5-11(7-13(18)15(9)20)17(3,4)12-6-10(2)16(21)14(19)8-12/h5-8,20-21H,1-4H3. The van der Waals surface area contributed by atoms with Gasteiger partial charge in [-0.1, -0.05) is 26.0 Å². The van der Waals surface area contributed by atoms with E-state index in [9.17, 15) is 10.2 Å². The van der Waals surface area contributed by atoms with Crippen molar-refractivity contribution >= 4 is 45.2 Å². The molecule has 0 spiro atoms. The van der Waals surface area contributed by atoms with Gasteiger partial charge in [-0.05, 0) is 93.4 Å². The van der Waals surface area contributed by atoms with Gasteiger partial charge in [0.25, 0.3) is 0 Å². The second-order valence-corrected chi connectivity index (χ2v) is 8.20. The Bertz CT molecular complexity index is 600. The van der Waals surface area contributed by atoms with Crippen LogP contribution < -0.4 is 0 Å². The Labute approximate surface area is 152 Å². The van der Waals surface area contributed by atoms with Crippen molar-refractivity contribution in [3.05, 3.63) is 53.7 Å². The second-order valence-electron chi connectivity index (χ2n) is 5.87. The van der Waals surface area contributed by atoms with Crippen LogP contribution in [0.1, 0.15) is 36.1 Å². The molecule has 21 heavy (non-hydrogen) atoms. The number of halogens is 2. The van der Waals surface area contributed by atoms with Crippen molar-refractivity contribution in [3.63, 3.8) is 0 Å². The van der Waals surface area contributed by atoms with Gasteiger partial charge in [-0.3, -0.25) is 0 Å². The first kappa shape index (κ1) is 16.9. The minimum Gasteiger partial charge on any atom is -0.507 e. The smallest absolute Gasteiger partial charge is 0.131 e. The lowest BCUT2D eigenvalue weighted by atomic mass is 9.77. The molecule has 0 aliphatic rings. The summed E-state index contributed by atoms with van der Waals surface area (Å²) in [6.45, 7) is 8.17. The van der Waals surface area contributed by atoms with Gasteiger partial charge in [0.05, 0.1) is 7.14 Å². The van der Waals surface area contributed by atoms with Gasteiger partial charge in [0.2, 0.25) is 0 Å². The highest BCUT2D eigenvalue weighted by atomic mass is 127. The molecule has 0 heterocycles. The Morgan fingerprint density at radius 3 is 1.38 bits per heavy atom. The van der Waals surface area contributed by atoms with E-state index in [-0.39, 0.29) is 5.41 Å². The van der Waals surface area contributed by atoms with E-state index in [1.54, 1.807) is 0 Å². The molecule has 0 radical (unpaired) electrons. The number of hydrogen-bond acceptors (Lipinski definition) is 2. The van der Waals surface area contributed by atoms with Crippen LogP contribution in [-0.4, -0.2) is 10.2 Å². The third-order valence-corrected chi connectivity index (χ3v) is 5.60. The molecule has 0 atom stereocenters. The molecule has 2 nitrogen and oxygen atoms in total. The topological polar surface area (TPSA) is 40.5 Å². The first-order valence-corrected chi connectivity index (χ1v) is 8.79. The largest absolute Gasteiger partial charge is 0.507 e. The summed E-state index contributed by atoms with van der Waals surface area (Å²) in [5, 5.41) is 19.9. The maximum atomic E-state index is 9.95. The molecule has 0 aliphatic heterocycles. The third kappa shape index (κ3) is 3.16. The highest BCUT2D eigenvalue weighted by molar-refractivity contribution is 14.1. The fourth-order valence-electron chi connectivity index (χ4n) is 2.36. The lowest BCUT2D eigenvalue weighted by Gasteiger charge is -2.28. The molecule has 0 saturated carbocycles. The second kappa shape index (κ2) is 5.95. The van der Waals surface area contributed by atoms with Crippen molar-refractivity contribution in [3.8, 4) is 11.5 Å². The van der Waals surface area contributed by atoms with Crippen LogP contribution in [0.5, 0.6) is 11.5 Å². The number of phenolic OH excluding ortho intramolecular Hbond substituents is 2. The zero-order chi connectivity index (χ0) is 15.9. The Morgan fingerprint density at radius 2 is 1.10 bits per heavy atom. The molecule has 0 saturated heterocycles. The van der Waals surface area contributed by atoms with E-state index in [0.29, 0.717) is 11.5 Å². The zero-order valence-electron chi connectivity index (χ0n) is 12.5. The quantitative estimate of drug-likeness (QED) is 0.545. The van der Waals surface area contributed by atoms with Gasteiger partial charge < -0.3 is 10.2 Å². The van der Waals surface area contributed by atoms with Crippen molar-refractivity contribution in [1.82, 2.24) is 0 Å². The lowest BCUT2D eigenvalue weighted by molar-refractivity contribution is 0.465. The number of benzene rings is 2. The van der Waals surface area contributed by atoms with Crippen LogP contribution in [0, 0.1) is 21.0 Å². The molecule has 2 rings (SSSR count). The molecule has 2 aromatic carbocycles. The average Bonchev–Trinajstić information content (AvgIpc) is 2.40. The summed E-state index contributed by atoms with van der Waals surface area (Å²) >= 11 is 4.32. The van der Waals surface area contributed by atoms with E-state index in [2.05, 4.69) is 59.0 Å². The number of rotatable bonds is 2. The van der Waals surface area contributed by atoms with Crippen LogP contribution >= 0.6 is 45.2 Å². The predicted octanol–water partition coefficient (Wildman–Crippen LogP) is 5.25. The summed E-state index contributed by atoms with van der Waals surface area (Å²) in [6.07, 6.45) is 0. The fourth-order valence-corrected chi connectivity index (χ4v) is 3.88. The predicted molar refractivity (Wildman–Crippen MR) is 103 cm³/mol. The van der Waals surface area contributed by atoms with Crippen molar-refractivity contribution in [2.75, 3.05) is 0 Å². The highest BCUT2D eigenvalue weighted by Gasteiger charge is 2.26. The van der Waals surface area contributed by atoms with E-state index >= 15 is 0 Å². The van der Waals surface area contributed by atoms with E-state index in [4.69, 9.17) is 0 Å². The maximum absolute atomic E-state index is 9.95. The van der Waals surface area contributed by atoms with Gasteiger partial charge in [-0.2, -0.15) is 0 Å². The van der Waals surface area contributed by atoms with E-state index in [0.717, 1.165) is 29.4 Å². The van der Waals surface area contributed by atoms with Crippen LogP contribution in [-0.2, 0) is 5.41 Å². The number of aromatic hydroxyl groups is 2. The van der Waals surface area contributed by atoms with Gasteiger partial charge in [-0.15, -0.1) is 0 Å². The van der Waals surface area contributed by atoms with Crippen LogP contribution in [0.15, 0.2) is 24.3 Å². The molecule has 2 aromatic rings. The Morgan fingerprint density at radius 1 is 0.762 bits per heavy atom. The van der Waals surface area contributed by atoms with Gasteiger partial charge in [0.15, 0.2) is 0 Å². The summed E-state index contributed by atoms with van der Waals surface area (Å²) in [5.74, 6) is 0.707. The number of hydrogen-bond donors (Lipinski definition) is 2. The first-order valence-electron chi connectivity index (χ1n) is 6.63. The van der Waals surface area contributed by atoms with Crippen LogP contribution in [0.3, 0.4) is 0 Å².